The average Bonchev–Trinajstić information content (AvgIpc) is 3.73. The van der Waals surface area contributed by atoms with Crippen molar-refractivity contribution < 1.29 is 23.8 Å². The fourth-order valence-electron chi connectivity index (χ4n) is 4.85. The summed E-state index contributed by atoms with van der Waals surface area (Å²) in [7, 11) is 0. The van der Waals surface area contributed by atoms with Gasteiger partial charge in [0.1, 0.15) is 35.7 Å². The second kappa shape index (κ2) is 12.7. The Morgan fingerprint density at radius 3 is 2.55 bits per heavy atom. The third-order valence-corrected chi connectivity index (χ3v) is 9.48. The fourth-order valence-corrected chi connectivity index (χ4v) is 7.00. The molecular weight excluding hydrogens is 618 g/mol. The number of nitrogens with zero attached hydrogens (tertiary/aromatic N) is 3. The first-order valence-corrected chi connectivity index (χ1v) is 15.8. The van der Waals surface area contributed by atoms with Gasteiger partial charge in [0.2, 0.25) is 5.13 Å². The average molecular weight is 644 g/mol. The Morgan fingerprint density at radius 1 is 1.02 bits per heavy atom. The monoisotopic (exact) mass is 643 g/mol. The number of thioether (sulfide) groups is 1. The molecule has 6 rings (SSSR count). The maximum Gasteiger partial charge on any atom is 0.302 e. The molecule has 222 valence electrons. The lowest BCUT2D eigenvalue weighted by Gasteiger charge is -2.20. The number of hydrogen-bond acceptors (Lipinski definition) is 9. The Morgan fingerprint density at radius 2 is 1.82 bits per heavy atom. The molecule has 0 saturated carbocycles. The number of amides is 1. The maximum atomic E-state index is 13.5. The van der Waals surface area contributed by atoms with Crippen molar-refractivity contribution >= 4 is 57.3 Å². The van der Waals surface area contributed by atoms with Crippen LogP contribution < -0.4 is 9.64 Å². The third kappa shape index (κ3) is 6.14. The number of aliphatic hydroxyl groups excluding tert-OH is 1. The van der Waals surface area contributed by atoms with Crippen molar-refractivity contribution in [1.82, 2.24) is 10.2 Å². The number of carbonyl (C=O) groups is 2. The lowest BCUT2D eigenvalue weighted by atomic mass is 9.99. The lowest BCUT2D eigenvalue weighted by molar-refractivity contribution is -0.132. The highest BCUT2D eigenvalue weighted by molar-refractivity contribution is 8.00. The zero-order valence-corrected chi connectivity index (χ0v) is 26.1. The minimum absolute atomic E-state index is 0.0988. The molecule has 3 heterocycles. The molecule has 1 amide bonds. The highest BCUT2D eigenvalue weighted by Gasteiger charge is 2.49. The molecule has 1 unspecified atom stereocenters. The van der Waals surface area contributed by atoms with Crippen molar-refractivity contribution in [3.8, 4) is 5.75 Å². The standard InChI is InChI=1S/C33H26ClN3O5S2/c1-19-6-5-7-21(16-19)17-41-24-13-11-22(12-14-24)29(38)27-28(26-15-10-20(2)42-26)37(31(40)30(27)39)32-35-36-33(44-32)43-18-23-8-3-4-9-25(23)34/h3-16,28,38H,17-18H2,1-2H3/b29-27+. The van der Waals surface area contributed by atoms with Gasteiger partial charge in [-0.05, 0) is 67.4 Å². The number of ketones is 1. The van der Waals surface area contributed by atoms with Crippen molar-refractivity contribution in [1.29, 1.82) is 0 Å². The normalized spacial score (nSPS) is 16.1. The highest BCUT2D eigenvalue weighted by Crippen LogP contribution is 2.44. The SMILES string of the molecule is Cc1cccc(COc2ccc(/C(O)=C3\C(=O)C(=O)N(c4nnc(SCc5ccccc5Cl)s4)C3c3ccc(C)o3)cc2)c1. The smallest absolute Gasteiger partial charge is 0.302 e. The van der Waals surface area contributed by atoms with Gasteiger partial charge in [0, 0.05) is 16.3 Å². The molecule has 8 nitrogen and oxygen atoms in total. The van der Waals surface area contributed by atoms with Gasteiger partial charge in [-0.2, -0.15) is 0 Å². The number of benzene rings is 3. The molecule has 11 heteroatoms. The van der Waals surface area contributed by atoms with E-state index in [-0.39, 0.29) is 16.5 Å². The highest BCUT2D eigenvalue weighted by atomic mass is 35.5. The number of anilines is 1. The molecule has 0 bridgehead atoms. The molecular formula is C33H26ClN3O5S2. The zero-order chi connectivity index (χ0) is 30.8. The molecule has 44 heavy (non-hydrogen) atoms. The van der Waals surface area contributed by atoms with Gasteiger partial charge in [0.15, 0.2) is 4.34 Å². The Hall–Kier alpha value is -4.38. The number of ether oxygens (including phenoxy) is 1. The van der Waals surface area contributed by atoms with Gasteiger partial charge in [-0.3, -0.25) is 14.5 Å². The Kier molecular flexibility index (Phi) is 8.56. The van der Waals surface area contributed by atoms with Crippen LogP contribution in [-0.2, 0) is 21.9 Å². The second-order valence-corrected chi connectivity index (χ2v) is 12.7. The number of aryl methyl sites for hydroxylation is 2. The summed E-state index contributed by atoms with van der Waals surface area (Å²) in [6.45, 7) is 4.17. The largest absolute Gasteiger partial charge is 0.507 e. The Bertz CT molecular complexity index is 1880. The van der Waals surface area contributed by atoms with E-state index in [1.54, 1.807) is 43.3 Å². The van der Waals surface area contributed by atoms with Crippen LogP contribution in [0.5, 0.6) is 5.75 Å². The summed E-state index contributed by atoms with van der Waals surface area (Å²) in [5, 5.41) is 20.8. The summed E-state index contributed by atoms with van der Waals surface area (Å²) in [5.41, 5.74) is 3.37. The minimum Gasteiger partial charge on any atom is -0.507 e. The van der Waals surface area contributed by atoms with Gasteiger partial charge in [-0.1, -0.05) is 82.7 Å². The van der Waals surface area contributed by atoms with E-state index in [9.17, 15) is 14.7 Å². The maximum absolute atomic E-state index is 13.5. The number of furan rings is 1. The molecule has 1 saturated heterocycles. The number of aromatic nitrogens is 2. The van der Waals surface area contributed by atoms with Gasteiger partial charge < -0.3 is 14.3 Å². The summed E-state index contributed by atoms with van der Waals surface area (Å²) in [4.78, 5) is 28.2. The van der Waals surface area contributed by atoms with E-state index in [1.807, 2.05) is 55.5 Å². The molecule has 1 fully saturated rings. The Balaban J connectivity index is 1.28. The summed E-state index contributed by atoms with van der Waals surface area (Å²) < 4.78 is 12.4. The van der Waals surface area contributed by atoms with Crippen LogP contribution in [-0.4, -0.2) is 27.0 Å². The van der Waals surface area contributed by atoms with E-state index < -0.39 is 17.7 Å². The van der Waals surface area contributed by atoms with Crippen LogP contribution >= 0.6 is 34.7 Å². The van der Waals surface area contributed by atoms with Gasteiger partial charge >= 0.3 is 5.91 Å². The van der Waals surface area contributed by atoms with Gasteiger partial charge in [0.25, 0.3) is 5.78 Å². The number of halogens is 1. The fraction of sp³-hybridized carbons (Fsp3) is 0.152. The number of aliphatic hydroxyl groups is 1. The molecule has 1 N–H and O–H groups in total. The van der Waals surface area contributed by atoms with Crippen LogP contribution in [0.3, 0.4) is 0 Å². The van der Waals surface area contributed by atoms with Gasteiger partial charge in [-0.15, -0.1) is 10.2 Å². The number of hydrogen-bond donors (Lipinski definition) is 1. The van der Waals surface area contributed by atoms with Crippen LogP contribution in [0.4, 0.5) is 5.13 Å². The Labute approximate surface area is 267 Å². The van der Waals surface area contributed by atoms with E-state index in [0.29, 0.717) is 44.6 Å². The molecule has 0 radical (unpaired) electrons. The number of Topliss-reactive ketones (excluding diaryl/α,β-unsaturated/α-hetero) is 1. The van der Waals surface area contributed by atoms with Crippen LogP contribution in [0.1, 0.15) is 39.8 Å². The van der Waals surface area contributed by atoms with Crippen molar-refractivity contribution in [2.24, 2.45) is 0 Å². The summed E-state index contributed by atoms with van der Waals surface area (Å²) in [6, 6.07) is 24.6. The van der Waals surface area contributed by atoms with Crippen molar-refractivity contribution in [3.63, 3.8) is 0 Å². The predicted molar refractivity (Wildman–Crippen MR) is 171 cm³/mol. The summed E-state index contributed by atoms with van der Waals surface area (Å²) >= 11 is 8.88. The van der Waals surface area contributed by atoms with E-state index in [1.165, 1.54) is 28.0 Å². The van der Waals surface area contributed by atoms with E-state index >= 15 is 0 Å². The predicted octanol–water partition coefficient (Wildman–Crippen LogP) is 7.90. The molecule has 1 aliphatic heterocycles. The summed E-state index contributed by atoms with van der Waals surface area (Å²) in [5.74, 6) is 0.0592. The third-order valence-electron chi connectivity index (χ3n) is 7.00. The van der Waals surface area contributed by atoms with Crippen LogP contribution in [0.15, 0.2) is 99.3 Å². The first kappa shape index (κ1) is 29.7. The van der Waals surface area contributed by atoms with E-state index in [4.69, 9.17) is 20.8 Å². The molecule has 0 aliphatic carbocycles. The molecule has 0 spiro atoms. The summed E-state index contributed by atoms with van der Waals surface area (Å²) in [6.07, 6.45) is 0. The number of rotatable bonds is 9. The lowest BCUT2D eigenvalue weighted by Crippen LogP contribution is -2.29. The molecule has 5 aromatic rings. The van der Waals surface area contributed by atoms with Crippen molar-refractivity contribution in [3.05, 3.63) is 129 Å². The van der Waals surface area contributed by atoms with Crippen LogP contribution in [0.2, 0.25) is 5.02 Å². The van der Waals surface area contributed by atoms with Crippen LogP contribution in [0.25, 0.3) is 5.76 Å². The second-order valence-electron chi connectivity index (χ2n) is 10.2. The minimum atomic E-state index is -1.03. The quantitative estimate of drug-likeness (QED) is 0.0568. The molecule has 3 aromatic carbocycles. The van der Waals surface area contributed by atoms with Crippen molar-refractivity contribution in [2.75, 3.05) is 4.90 Å². The van der Waals surface area contributed by atoms with E-state index in [2.05, 4.69) is 10.2 Å². The number of carbonyl (C=O) groups excluding carboxylic acids is 2. The zero-order valence-electron chi connectivity index (χ0n) is 23.7. The van der Waals surface area contributed by atoms with Crippen molar-refractivity contribution in [2.45, 2.75) is 36.6 Å². The first-order chi connectivity index (χ1) is 21.3. The van der Waals surface area contributed by atoms with Gasteiger partial charge in [0.05, 0.1) is 5.57 Å². The van der Waals surface area contributed by atoms with Crippen LogP contribution in [0, 0.1) is 13.8 Å². The first-order valence-electron chi connectivity index (χ1n) is 13.6. The van der Waals surface area contributed by atoms with E-state index in [0.717, 1.165) is 16.7 Å². The molecule has 1 atom stereocenters. The molecule has 2 aromatic heterocycles. The topological polar surface area (TPSA) is 106 Å². The van der Waals surface area contributed by atoms with Gasteiger partial charge in [-0.25, -0.2) is 0 Å². The molecule has 1 aliphatic rings.